The highest BCUT2D eigenvalue weighted by Gasteiger charge is 2.07. The van der Waals surface area contributed by atoms with Crippen molar-refractivity contribution < 1.29 is 4.79 Å². The normalized spacial score (nSPS) is 12.1. The predicted octanol–water partition coefficient (Wildman–Crippen LogP) is 2.00. The van der Waals surface area contributed by atoms with Gasteiger partial charge in [-0.15, -0.1) is 0 Å². The molecule has 1 amide bonds. The fourth-order valence-electron chi connectivity index (χ4n) is 1.32. The molecule has 1 atom stereocenters. The second kappa shape index (κ2) is 5.37. The maximum Gasteiger partial charge on any atom is 0.251 e. The van der Waals surface area contributed by atoms with Crippen molar-refractivity contribution in [1.82, 2.24) is 10.3 Å². The Kier molecular flexibility index (Phi) is 4.11. The van der Waals surface area contributed by atoms with Gasteiger partial charge in [0.1, 0.15) is 0 Å². The number of nitrogens with one attached hydrogen (secondary N) is 1. The molecule has 3 heteroatoms. The van der Waals surface area contributed by atoms with Gasteiger partial charge in [-0.25, -0.2) is 0 Å². The number of pyridine rings is 1. The first kappa shape index (κ1) is 10.7. The lowest BCUT2D eigenvalue weighted by molar-refractivity contribution is 0.0938. The summed E-state index contributed by atoms with van der Waals surface area (Å²) < 4.78 is 0. The number of nitrogens with zero attached hydrogens (tertiary/aromatic N) is 1. The molecule has 1 rings (SSSR count). The van der Waals surface area contributed by atoms with Crippen LogP contribution in [0.15, 0.2) is 24.5 Å². The highest BCUT2D eigenvalue weighted by molar-refractivity contribution is 5.94. The number of hydrogen-bond donors (Lipinski definition) is 1. The molecule has 1 heterocycles. The Balaban J connectivity index is 2.51. The molecule has 0 spiro atoms. The molecule has 0 bridgehead atoms. The molecular weight excluding hydrogens is 176 g/mol. The SMILES string of the molecule is CCC[C@H](C)NC(=O)c1ccncc1. The van der Waals surface area contributed by atoms with Crippen molar-refractivity contribution in [2.75, 3.05) is 0 Å². The predicted molar refractivity (Wildman–Crippen MR) is 56.1 cm³/mol. The van der Waals surface area contributed by atoms with E-state index in [1.54, 1.807) is 24.5 Å². The van der Waals surface area contributed by atoms with Crippen molar-refractivity contribution in [3.05, 3.63) is 30.1 Å². The van der Waals surface area contributed by atoms with Gasteiger partial charge in [0.2, 0.25) is 0 Å². The maximum atomic E-state index is 11.6. The summed E-state index contributed by atoms with van der Waals surface area (Å²) in [4.78, 5) is 15.5. The quantitative estimate of drug-likeness (QED) is 0.792. The Bertz CT molecular complexity index is 285. The first-order chi connectivity index (χ1) is 6.74. The maximum absolute atomic E-state index is 11.6. The molecule has 0 saturated carbocycles. The van der Waals surface area contributed by atoms with Gasteiger partial charge in [0.25, 0.3) is 5.91 Å². The van der Waals surface area contributed by atoms with E-state index < -0.39 is 0 Å². The van der Waals surface area contributed by atoms with Crippen LogP contribution >= 0.6 is 0 Å². The van der Waals surface area contributed by atoms with Crippen LogP contribution in [0.3, 0.4) is 0 Å². The zero-order chi connectivity index (χ0) is 10.4. The molecule has 0 radical (unpaired) electrons. The smallest absolute Gasteiger partial charge is 0.251 e. The molecular formula is C11H16N2O. The van der Waals surface area contributed by atoms with Crippen LogP contribution in [-0.2, 0) is 0 Å². The summed E-state index contributed by atoms with van der Waals surface area (Å²) in [6.45, 7) is 4.12. The average Bonchev–Trinajstić information content (AvgIpc) is 2.19. The molecule has 0 aliphatic carbocycles. The lowest BCUT2D eigenvalue weighted by Crippen LogP contribution is -2.32. The summed E-state index contributed by atoms with van der Waals surface area (Å²) in [5, 5.41) is 2.93. The minimum atomic E-state index is -0.0200. The second-order valence-corrected chi connectivity index (χ2v) is 3.40. The Morgan fingerprint density at radius 3 is 2.71 bits per heavy atom. The molecule has 0 fully saturated rings. The van der Waals surface area contributed by atoms with Gasteiger partial charge in [-0.2, -0.15) is 0 Å². The number of carbonyl (C=O) groups is 1. The van der Waals surface area contributed by atoms with Gasteiger partial charge in [-0.1, -0.05) is 13.3 Å². The first-order valence-electron chi connectivity index (χ1n) is 4.95. The molecule has 0 aliphatic heterocycles. The lowest BCUT2D eigenvalue weighted by Gasteiger charge is -2.12. The van der Waals surface area contributed by atoms with Gasteiger partial charge in [-0.05, 0) is 25.5 Å². The van der Waals surface area contributed by atoms with E-state index in [0.29, 0.717) is 5.56 Å². The van der Waals surface area contributed by atoms with Crippen molar-refractivity contribution in [2.45, 2.75) is 32.7 Å². The third-order valence-electron chi connectivity index (χ3n) is 2.04. The third kappa shape index (κ3) is 3.17. The van der Waals surface area contributed by atoms with E-state index in [2.05, 4.69) is 17.2 Å². The fraction of sp³-hybridized carbons (Fsp3) is 0.455. The van der Waals surface area contributed by atoms with Crippen LogP contribution in [0, 0.1) is 0 Å². The molecule has 3 nitrogen and oxygen atoms in total. The van der Waals surface area contributed by atoms with Gasteiger partial charge >= 0.3 is 0 Å². The van der Waals surface area contributed by atoms with Gasteiger partial charge in [0.05, 0.1) is 0 Å². The summed E-state index contributed by atoms with van der Waals surface area (Å²) in [5.74, 6) is -0.0200. The van der Waals surface area contributed by atoms with Gasteiger partial charge in [-0.3, -0.25) is 9.78 Å². The van der Waals surface area contributed by atoms with E-state index in [0.717, 1.165) is 12.8 Å². The highest BCUT2D eigenvalue weighted by Crippen LogP contribution is 1.99. The van der Waals surface area contributed by atoms with Crippen LogP contribution < -0.4 is 5.32 Å². The lowest BCUT2D eigenvalue weighted by atomic mass is 10.2. The summed E-state index contributed by atoms with van der Waals surface area (Å²) in [5.41, 5.74) is 0.669. The van der Waals surface area contributed by atoms with Crippen molar-refractivity contribution in [3.63, 3.8) is 0 Å². The first-order valence-corrected chi connectivity index (χ1v) is 4.95. The number of aromatic nitrogens is 1. The molecule has 14 heavy (non-hydrogen) atoms. The topological polar surface area (TPSA) is 42.0 Å². The average molecular weight is 192 g/mol. The summed E-state index contributed by atoms with van der Waals surface area (Å²) in [6.07, 6.45) is 5.34. The van der Waals surface area contributed by atoms with E-state index in [4.69, 9.17) is 0 Å². The Hall–Kier alpha value is -1.38. The monoisotopic (exact) mass is 192 g/mol. The van der Waals surface area contributed by atoms with Crippen LogP contribution in [0.5, 0.6) is 0 Å². The minimum absolute atomic E-state index is 0.0200. The molecule has 1 N–H and O–H groups in total. The summed E-state index contributed by atoms with van der Waals surface area (Å²) in [6, 6.07) is 3.67. The second-order valence-electron chi connectivity index (χ2n) is 3.40. The number of rotatable bonds is 4. The Morgan fingerprint density at radius 1 is 1.50 bits per heavy atom. The molecule has 1 aromatic rings. The van der Waals surface area contributed by atoms with Crippen molar-refractivity contribution in [1.29, 1.82) is 0 Å². The van der Waals surface area contributed by atoms with Crippen molar-refractivity contribution in [3.8, 4) is 0 Å². The standard InChI is InChI=1S/C11H16N2O/c1-3-4-9(2)13-11(14)10-5-7-12-8-6-10/h5-9H,3-4H2,1-2H3,(H,13,14)/t9-/m0/s1. The van der Waals surface area contributed by atoms with Crippen molar-refractivity contribution in [2.24, 2.45) is 0 Å². The molecule has 0 unspecified atom stereocenters. The molecule has 0 aromatic carbocycles. The third-order valence-corrected chi connectivity index (χ3v) is 2.04. The van der Waals surface area contributed by atoms with E-state index in [9.17, 15) is 4.79 Å². The van der Waals surface area contributed by atoms with E-state index in [-0.39, 0.29) is 11.9 Å². The van der Waals surface area contributed by atoms with Gasteiger partial charge in [0, 0.05) is 24.0 Å². The number of amides is 1. The Labute approximate surface area is 84.6 Å². The highest BCUT2D eigenvalue weighted by atomic mass is 16.1. The minimum Gasteiger partial charge on any atom is -0.350 e. The van der Waals surface area contributed by atoms with E-state index in [1.807, 2.05) is 6.92 Å². The number of carbonyl (C=O) groups excluding carboxylic acids is 1. The molecule has 76 valence electrons. The van der Waals surface area contributed by atoms with E-state index in [1.165, 1.54) is 0 Å². The fourth-order valence-corrected chi connectivity index (χ4v) is 1.32. The van der Waals surface area contributed by atoms with Gasteiger partial charge < -0.3 is 5.32 Å². The zero-order valence-electron chi connectivity index (χ0n) is 8.66. The van der Waals surface area contributed by atoms with Gasteiger partial charge in [0.15, 0.2) is 0 Å². The number of hydrogen-bond acceptors (Lipinski definition) is 2. The molecule has 0 saturated heterocycles. The van der Waals surface area contributed by atoms with Crippen LogP contribution in [0.1, 0.15) is 37.0 Å². The van der Waals surface area contributed by atoms with Crippen LogP contribution in [0.2, 0.25) is 0 Å². The largest absolute Gasteiger partial charge is 0.350 e. The zero-order valence-corrected chi connectivity index (χ0v) is 8.66. The summed E-state index contributed by atoms with van der Waals surface area (Å²) in [7, 11) is 0. The van der Waals surface area contributed by atoms with Crippen LogP contribution in [-0.4, -0.2) is 16.9 Å². The van der Waals surface area contributed by atoms with Crippen LogP contribution in [0.25, 0.3) is 0 Å². The van der Waals surface area contributed by atoms with Crippen molar-refractivity contribution >= 4 is 5.91 Å². The summed E-state index contributed by atoms with van der Waals surface area (Å²) >= 11 is 0. The van der Waals surface area contributed by atoms with Crippen LogP contribution in [0.4, 0.5) is 0 Å². The molecule has 1 aromatic heterocycles. The van der Waals surface area contributed by atoms with E-state index >= 15 is 0 Å². The molecule has 0 aliphatic rings. The Morgan fingerprint density at radius 2 is 2.14 bits per heavy atom.